The lowest BCUT2D eigenvalue weighted by molar-refractivity contribution is -0.121. The summed E-state index contributed by atoms with van der Waals surface area (Å²) in [6.07, 6.45) is 0. The molecule has 21 heavy (non-hydrogen) atoms. The number of rotatable bonds is 4. The van der Waals surface area contributed by atoms with Gasteiger partial charge in [-0.1, -0.05) is 41.1 Å². The van der Waals surface area contributed by atoms with Crippen molar-refractivity contribution in [2.75, 3.05) is 0 Å². The molecule has 0 fully saturated rings. The number of carbonyl (C=O) groups excluding carboxylic acids is 1. The molecule has 0 atom stereocenters. The average molecular weight is 301 g/mol. The van der Waals surface area contributed by atoms with E-state index in [2.05, 4.69) is 15.6 Å². The predicted octanol–water partition coefficient (Wildman–Crippen LogP) is 2.40. The number of hydrogen-bond donors (Lipinski definition) is 1. The van der Waals surface area contributed by atoms with Gasteiger partial charge in [0.05, 0.1) is 5.52 Å². The van der Waals surface area contributed by atoms with Gasteiger partial charge in [-0.3, -0.25) is 4.79 Å². The van der Waals surface area contributed by atoms with Gasteiger partial charge in [0.25, 0.3) is 0 Å². The van der Waals surface area contributed by atoms with Crippen molar-refractivity contribution in [3.8, 4) is 0 Å². The lowest BCUT2D eigenvalue weighted by Gasteiger charge is -2.06. The molecule has 2 aromatic carbocycles. The Hall–Kier alpha value is -2.40. The topological polar surface area (TPSA) is 59.8 Å². The fourth-order valence-corrected chi connectivity index (χ4v) is 2.15. The third kappa shape index (κ3) is 3.20. The molecule has 3 aromatic rings. The molecule has 0 saturated carbocycles. The first-order valence-electron chi connectivity index (χ1n) is 6.52. The van der Waals surface area contributed by atoms with Crippen LogP contribution in [0, 0.1) is 0 Å². The molecule has 6 heteroatoms. The van der Waals surface area contributed by atoms with Crippen molar-refractivity contribution in [2.45, 2.75) is 13.1 Å². The highest BCUT2D eigenvalue weighted by Gasteiger charge is 2.08. The van der Waals surface area contributed by atoms with Crippen LogP contribution in [0.4, 0.5) is 0 Å². The van der Waals surface area contributed by atoms with E-state index in [1.165, 1.54) is 0 Å². The van der Waals surface area contributed by atoms with Gasteiger partial charge in [0.1, 0.15) is 12.1 Å². The van der Waals surface area contributed by atoms with Gasteiger partial charge in [-0.2, -0.15) is 0 Å². The van der Waals surface area contributed by atoms with E-state index >= 15 is 0 Å². The molecule has 3 rings (SSSR count). The molecule has 0 radical (unpaired) electrons. The monoisotopic (exact) mass is 300 g/mol. The van der Waals surface area contributed by atoms with E-state index < -0.39 is 0 Å². The Balaban J connectivity index is 1.62. The Morgan fingerprint density at radius 2 is 1.90 bits per heavy atom. The lowest BCUT2D eigenvalue weighted by Crippen LogP contribution is -2.27. The van der Waals surface area contributed by atoms with Gasteiger partial charge in [0, 0.05) is 11.6 Å². The number of halogens is 1. The van der Waals surface area contributed by atoms with E-state index in [9.17, 15) is 4.79 Å². The van der Waals surface area contributed by atoms with Crippen LogP contribution in [-0.2, 0) is 17.9 Å². The summed E-state index contributed by atoms with van der Waals surface area (Å²) in [5, 5.41) is 11.5. The minimum Gasteiger partial charge on any atom is -0.350 e. The fraction of sp³-hybridized carbons (Fsp3) is 0.133. The van der Waals surface area contributed by atoms with Crippen molar-refractivity contribution in [1.29, 1.82) is 0 Å². The summed E-state index contributed by atoms with van der Waals surface area (Å²) in [6.45, 7) is 0.608. The van der Waals surface area contributed by atoms with E-state index in [0.29, 0.717) is 11.6 Å². The van der Waals surface area contributed by atoms with Gasteiger partial charge in [0.2, 0.25) is 5.91 Å². The van der Waals surface area contributed by atoms with Crippen LogP contribution in [0.3, 0.4) is 0 Å². The van der Waals surface area contributed by atoms with Crippen LogP contribution in [0.1, 0.15) is 5.56 Å². The van der Waals surface area contributed by atoms with Crippen LogP contribution in [0.2, 0.25) is 5.02 Å². The molecule has 0 aliphatic heterocycles. The van der Waals surface area contributed by atoms with Crippen molar-refractivity contribution in [1.82, 2.24) is 20.3 Å². The Morgan fingerprint density at radius 3 is 2.71 bits per heavy atom. The van der Waals surface area contributed by atoms with Crippen LogP contribution in [0.25, 0.3) is 11.0 Å². The first-order valence-corrected chi connectivity index (χ1v) is 6.89. The Bertz CT molecular complexity index is 767. The number of fused-ring (bicyclic) bond motifs is 1. The van der Waals surface area contributed by atoms with Gasteiger partial charge >= 0.3 is 0 Å². The summed E-state index contributed by atoms with van der Waals surface area (Å²) in [4.78, 5) is 12.0. The molecule has 1 amide bonds. The number of aromatic nitrogens is 3. The maximum absolute atomic E-state index is 12.0. The molecule has 0 spiro atoms. The third-order valence-corrected chi connectivity index (χ3v) is 3.37. The standard InChI is InChI=1S/C15H13ClN4O/c16-12-7-5-11(6-8-12)9-17-15(21)10-20-14-4-2-1-3-13(14)18-19-20/h1-8H,9-10H2,(H,17,21). The minimum absolute atomic E-state index is 0.111. The number of nitrogens with zero attached hydrogens (tertiary/aromatic N) is 3. The molecule has 1 aromatic heterocycles. The summed E-state index contributed by atoms with van der Waals surface area (Å²) in [5.41, 5.74) is 2.62. The van der Waals surface area contributed by atoms with Crippen molar-refractivity contribution >= 4 is 28.5 Å². The predicted molar refractivity (Wildman–Crippen MR) is 80.8 cm³/mol. The number of nitrogens with one attached hydrogen (secondary N) is 1. The van der Waals surface area contributed by atoms with Crippen LogP contribution in [0.15, 0.2) is 48.5 Å². The van der Waals surface area contributed by atoms with Gasteiger partial charge in [-0.15, -0.1) is 5.10 Å². The minimum atomic E-state index is -0.111. The number of hydrogen-bond acceptors (Lipinski definition) is 3. The van der Waals surface area contributed by atoms with Gasteiger partial charge in [-0.25, -0.2) is 4.68 Å². The Morgan fingerprint density at radius 1 is 1.14 bits per heavy atom. The second kappa shape index (κ2) is 5.93. The molecular formula is C15H13ClN4O. The van der Waals surface area contributed by atoms with Crippen molar-refractivity contribution < 1.29 is 4.79 Å². The molecule has 106 valence electrons. The average Bonchev–Trinajstić information content (AvgIpc) is 2.90. The molecular weight excluding hydrogens is 288 g/mol. The van der Waals surface area contributed by atoms with Gasteiger partial charge < -0.3 is 5.32 Å². The number of carbonyl (C=O) groups is 1. The lowest BCUT2D eigenvalue weighted by atomic mass is 10.2. The number of amides is 1. The smallest absolute Gasteiger partial charge is 0.242 e. The van der Waals surface area contributed by atoms with Crippen LogP contribution in [-0.4, -0.2) is 20.9 Å². The first-order chi connectivity index (χ1) is 10.2. The molecule has 5 nitrogen and oxygen atoms in total. The van der Waals surface area contributed by atoms with Crippen molar-refractivity contribution in [3.05, 3.63) is 59.1 Å². The zero-order valence-electron chi connectivity index (χ0n) is 11.2. The van der Waals surface area contributed by atoms with Gasteiger partial charge in [-0.05, 0) is 29.8 Å². The first kappa shape index (κ1) is 13.6. The Kier molecular flexibility index (Phi) is 3.83. The number of benzene rings is 2. The normalized spacial score (nSPS) is 10.7. The highest BCUT2D eigenvalue weighted by Crippen LogP contribution is 2.10. The largest absolute Gasteiger partial charge is 0.350 e. The van der Waals surface area contributed by atoms with Crippen molar-refractivity contribution in [2.24, 2.45) is 0 Å². The highest BCUT2D eigenvalue weighted by molar-refractivity contribution is 6.30. The molecule has 1 heterocycles. The maximum atomic E-state index is 12.0. The third-order valence-electron chi connectivity index (χ3n) is 3.12. The van der Waals surface area contributed by atoms with E-state index in [0.717, 1.165) is 16.6 Å². The summed E-state index contributed by atoms with van der Waals surface area (Å²) in [6, 6.07) is 14.9. The molecule has 0 unspecified atom stereocenters. The highest BCUT2D eigenvalue weighted by atomic mass is 35.5. The quantitative estimate of drug-likeness (QED) is 0.805. The van der Waals surface area contributed by atoms with Crippen LogP contribution in [0.5, 0.6) is 0 Å². The summed E-state index contributed by atoms with van der Waals surface area (Å²) >= 11 is 5.82. The van der Waals surface area contributed by atoms with Gasteiger partial charge in [0.15, 0.2) is 0 Å². The summed E-state index contributed by atoms with van der Waals surface area (Å²) < 4.78 is 1.59. The Labute approximate surface area is 126 Å². The second-order valence-corrected chi connectivity index (χ2v) is 5.08. The van der Waals surface area contributed by atoms with E-state index in [1.54, 1.807) is 16.8 Å². The van der Waals surface area contributed by atoms with E-state index in [1.807, 2.05) is 36.4 Å². The zero-order chi connectivity index (χ0) is 14.7. The fourth-order valence-electron chi connectivity index (χ4n) is 2.03. The van der Waals surface area contributed by atoms with E-state index in [-0.39, 0.29) is 12.5 Å². The van der Waals surface area contributed by atoms with Crippen LogP contribution < -0.4 is 5.32 Å². The molecule has 0 aliphatic carbocycles. The summed E-state index contributed by atoms with van der Waals surface area (Å²) in [5.74, 6) is -0.111. The van der Waals surface area contributed by atoms with Crippen molar-refractivity contribution in [3.63, 3.8) is 0 Å². The number of para-hydroxylation sites is 1. The van der Waals surface area contributed by atoms with Crippen LogP contribution >= 0.6 is 11.6 Å². The summed E-state index contributed by atoms with van der Waals surface area (Å²) in [7, 11) is 0. The molecule has 1 N–H and O–H groups in total. The molecule has 0 bridgehead atoms. The molecule has 0 aliphatic rings. The molecule has 0 saturated heterocycles. The maximum Gasteiger partial charge on any atom is 0.242 e. The zero-order valence-corrected chi connectivity index (χ0v) is 11.9. The SMILES string of the molecule is O=C(Cn1nnc2ccccc21)NCc1ccc(Cl)cc1. The second-order valence-electron chi connectivity index (χ2n) is 4.64. The van der Waals surface area contributed by atoms with E-state index in [4.69, 9.17) is 11.6 Å².